The largest absolute Gasteiger partial charge is 0.481 e. The third-order valence-corrected chi connectivity index (χ3v) is 4.35. The Labute approximate surface area is 114 Å². The maximum atomic E-state index is 11.9. The van der Waals surface area contributed by atoms with E-state index in [0.717, 1.165) is 0 Å². The molecule has 0 heterocycles. The van der Waals surface area contributed by atoms with Gasteiger partial charge in [-0.1, -0.05) is 27.7 Å². The summed E-state index contributed by atoms with van der Waals surface area (Å²) in [6.45, 7) is 7.30. The van der Waals surface area contributed by atoms with Crippen molar-refractivity contribution >= 4 is 16.0 Å². The van der Waals surface area contributed by atoms with Gasteiger partial charge >= 0.3 is 5.97 Å². The van der Waals surface area contributed by atoms with Gasteiger partial charge < -0.3 is 5.11 Å². The topological polar surface area (TPSA) is 107 Å². The number of sulfonamides is 1. The molecule has 110 valence electrons. The third-order valence-electron chi connectivity index (χ3n) is 2.50. The van der Waals surface area contributed by atoms with E-state index in [4.69, 9.17) is 10.4 Å². The van der Waals surface area contributed by atoms with Crippen LogP contribution in [0.15, 0.2) is 0 Å². The molecule has 0 fully saturated rings. The molecule has 6 nitrogen and oxygen atoms in total. The molecule has 0 saturated carbocycles. The molecule has 7 heteroatoms. The molecule has 0 spiro atoms. The fourth-order valence-electron chi connectivity index (χ4n) is 1.80. The van der Waals surface area contributed by atoms with E-state index in [9.17, 15) is 13.2 Å². The lowest BCUT2D eigenvalue weighted by Crippen LogP contribution is -2.43. The van der Waals surface area contributed by atoms with Crippen molar-refractivity contribution in [1.82, 2.24) is 4.72 Å². The van der Waals surface area contributed by atoms with Gasteiger partial charge in [0.1, 0.15) is 0 Å². The Morgan fingerprint density at radius 1 is 1.42 bits per heavy atom. The highest BCUT2D eigenvalue weighted by Gasteiger charge is 2.30. The molecule has 0 aromatic carbocycles. The van der Waals surface area contributed by atoms with Gasteiger partial charge in [-0.3, -0.25) is 4.79 Å². The number of rotatable bonds is 7. The van der Waals surface area contributed by atoms with Gasteiger partial charge in [-0.15, -0.1) is 0 Å². The summed E-state index contributed by atoms with van der Waals surface area (Å²) in [7, 11) is -3.81. The zero-order valence-electron chi connectivity index (χ0n) is 11.8. The Bertz CT molecular complexity index is 445. The van der Waals surface area contributed by atoms with Crippen LogP contribution in [0, 0.1) is 16.7 Å². The van der Waals surface area contributed by atoms with Gasteiger partial charge in [0.25, 0.3) is 0 Å². The summed E-state index contributed by atoms with van der Waals surface area (Å²) in [4.78, 5) is 10.8. The second kappa shape index (κ2) is 6.87. The number of hydrogen-bond acceptors (Lipinski definition) is 4. The Morgan fingerprint density at radius 2 is 1.95 bits per heavy atom. The second-order valence-electron chi connectivity index (χ2n) is 5.75. The molecular weight excluding hydrogens is 268 g/mol. The summed E-state index contributed by atoms with van der Waals surface area (Å²) in [5.41, 5.74) is -0.211. The Morgan fingerprint density at radius 3 is 2.26 bits per heavy atom. The quantitative estimate of drug-likeness (QED) is 0.738. The van der Waals surface area contributed by atoms with Gasteiger partial charge in [-0.25, -0.2) is 13.1 Å². The smallest absolute Gasteiger partial charge is 0.304 e. The van der Waals surface area contributed by atoms with Crippen molar-refractivity contribution in [1.29, 1.82) is 5.26 Å². The van der Waals surface area contributed by atoms with Crippen molar-refractivity contribution < 1.29 is 18.3 Å². The average Bonchev–Trinajstić information content (AvgIpc) is 2.13. The van der Waals surface area contributed by atoms with E-state index in [1.165, 1.54) is 0 Å². The predicted octanol–water partition coefficient (Wildman–Crippen LogP) is 1.49. The van der Waals surface area contributed by atoms with Crippen molar-refractivity contribution in [3.8, 4) is 6.07 Å². The zero-order chi connectivity index (χ0) is 15.3. The molecule has 0 aliphatic carbocycles. The lowest BCUT2D eigenvalue weighted by molar-refractivity contribution is -0.137. The van der Waals surface area contributed by atoms with Crippen LogP contribution in [-0.2, 0) is 14.8 Å². The van der Waals surface area contributed by atoms with E-state index in [0.29, 0.717) is 6.42 Å². The summed E-state index contributed by atoms with van der Waals surface area (Å²) < 4.78 is 26.2. The molecule has 0 aliphatic rings. The molecule has 0 rings (SSSR count). The van der Waals surface area contributed by atoms with Gasteiger partial charge in [-0.2, -0.15) is 5.26 Å². The predicted molar refractivity (Wildman–Crippen MR) is 71.9 cm³/mol. The first-order valence-electron chi connectivity index (χ1n) is 6.14. The molecule has 0 bridgehead atoms. The molecule has 0 aromatic rings. The molecule has 2 unspecified atom stereocenters. The van der Waals surface area contributed by atoms with Gasteiger partial charge in [-0.05, 0) is 18.3 Å². The normalized spacial score (nSPS) is 15.5. The monoisotopic (exact) mass is 290 g/mol. The summed E-state index contributed by atoms with van der Waals surface area (Å²) in [6, 6.07) is 1.01. The first-order valence-corrected chi connectivity index (χ1v) is 7.69. The first-order chi connectivity index (χ1) is 8.51. The van der Waals surface area contributed by atoms with Crippen LogP contribution in [-0.4, -0.2) is 30.8 Å². The molecule has 19 heavy (non-hydrogen) atoms. The fourth-order valence-corrected chi connectivity index (χ4v) is 3.17. The van der Waals surface area contributed by atoms with Gasteiger partial charge in [0, 0.05) is 6.04 Å². The number of nitrogens with zero attached hydrogens (tertiary/aromatic N) is 1. The minimum absolute atomic E-state index is 0.168. The van der Waals surface area contributed by atoms with Crippen molar-refractivity contribution in [3.63, 3.8) is 0 Å². The van der Waals surface area contributed by atoms with Crippen molar-refractivity contribution in [3.05, 3.63) is 0 Å². The molecule has 0 radical (unpaired) electrons. The molecule has 2 N–H and O–H groups in total. The molecule has 0 aromatic heterocycles. The third kappa shape index (κ3) is 7.13. The summed E-state index contributed by atoms with van der Waals surface area (Å²) in [6.07, 6.45) is 0.264. The summed E-state index contributed by atoms with van der Waals surface area (Å²) >= 11 is 0. The maximum absolute atomic E-state index is 11.9. The van der Waals surface area contributed by atoms with Gasteiger partial charge in [0.15, 0.2) is 5.25 Å². The van der Waals surface area contributed by atoms with Gasteiger partial charge in [0.2, 0.25) is 10.0 Å². The van der Waals surface area contributed by atoms with Crippen LogP contribution in [0.4, 0.5) is 0 Å². The number of carboxylic acid groups (broad SMARTS) is 1. The van der Waals surface area contributed by atoms with Crippen LogP contribution in [0.25, 0.3) is 0 Å². The molecular formula is C12H22N2O4S. The fraction of sp³-hybridized carbons (Fsp3) is 0.833. The maximum Gasteiger partial charge on any atom is 0.304 e. The zero-order valence-corrected chi connectivity index (χ0v) is 12.6. The number of nitrogens with one attached hydrogen (secondary N) is 1. The number of hydrogen-bond donors (Lipinski definition) is 2. The summed E-state index contributed by atoms with van der Waals surface area (Å²) in [5, 5.41) is 16.5. The SMILES string of the molecule is CCC(C#N)S(=O)(=O)NC(CC(=O)O)CC(C)(C)C. The Hall–Kier alpha value is -1.13. The number of nitriles is 1. The molecule has 2 atom stereocenters. The van der Waals surface area contributed by atoms with E-state index in [2.05, 4.69) is 4.72 Å². The van der Waals surface area contributed by atoms with Crippen LogP contribution in [0.1, 0.15) is 47.0 Å². The molecule has 0 aliphatic heterocycles. The van der Waals surface area contributed by atoms with Crippen molar-refractivity contribution in [2.45, 2.75) is 58.2 Å². The van der Waals surface area contributed by atoms with Crippen LogP contribution in [0.5, 0.6) is 0 Å². The number of carboxylic acids is 1. The van der Waals surface area contributed by atoms with Gasteiger partial charge in [0.05, 0.1) is 12.5 Å². The lowest BCUT2D eigenvalue weighted by Gasteiger charge is -2.26. The summed E-state index contributed by atoms with van der Waals surface area (Å²) in [5.74, 6) is -1.07. The van der Waals surface area contributed by atoms with E-state index in [-0.39, 0.29) is 18.3 Å². The Balaban J connectivity index is 5.01. The second-order valence-corrected chi connectivity index (χ2v) is 7.64. The highest BCUT2D eigenvalue weighted by molar-refractivity contribution is 7.90. The van der Waals surface area contributed by atoms with Crippen LogP contribution >= 0.6 is 0 Å². The number of aliphatic carboxylic acids is 1. The van der Waals surface area contributed by atoms with Crippen LogP contribution in [0.2, 0.25) is 0 Å². The highest BCUT2D eigenvalue weighted by atomic mass is 32.2. The van der Waals surface area contributed by atoms with E-state index in [1.54, 1.807) is 13.0 Å². The first kappa shape index (κ1) is 17.9. The van der Waals surface area contributed by atoms with Crippen LogP contribution in [0.3, 0.4) is 0 Å². The van der Waals surface area contributed by atoms with Crippen molar-refractivity contribution in [2.75, 3.05) is 0 Å². The minimum Gasteiger partial charge on any atom is -0.481 e. The standard InChI is InChI=1S/C12H22N2O4S/c1-5-10(8-13)19(17,18)14-9(6-11(15)16)7-12(2,3)4/h9-10,14H,5-7H2,1-4H3,(H,15,16). The van der Waals surface area contributed by atoms with E-state index < -0.39 is 27.3 Å². The number of carbonyl (C=O) groups is 1. The lowest BCUT2D eigenvalue weighted by atomic mass is 9.87. The van der Waals surface area contributed by atoms with Crippen LogP contribution < -0.4 is 4.72 Å². The average molecular weight is 290 g/mol. The minimum atomic E-state index is -3.81. The Kier molecular flexibility index (Phi) is 6.46. The van der Waals surface area contributed by atoms with E-state index in [1.807, 2.05) is 20.8 Å². The highest BCUT2D eigenvalue weighted by Crippen LogP contribution is 2.23. The molecule has 0 amide bonds. The molecule has 0 saturated heterocycles. The van der Waals surface area contributed by atoms with E-state index >= 15 is 0 Å². The van der Waals surface area contributed by atoms with Crippen molar-refractivity contribution in [2.24, 2.45) is 5.41 Å².